The molecule has 0 saturated heterocycles. The van der Waals surface area contributed by atoms with E-state index in [0.717, 1.165) is 29.2 Å². The van der Waals surface area contributed by atoms with Gasteiger partial charge in [-0.1, -0.05) is 29.8 Å². The summed E-state index contributed by atoms with van der Waals surface area (Å²) in [5.41, 5.74) is 1.40. The summed E-state index contributed by atoms with van der Waals surface area (Å²) in [5, 5.41) is 4.73. The molecular weight excluding hydrogens is 405 g/mol. The zero-order valence-corrected chi connectivity index (χ0v) is 17.6. The second kappa shape index (κ2) is 8.48. The largest absolute Gasteiger partial charge is 0.481 e. The van der Waals surface area contributed by atoms with Crippen LogP contribution in [0.15, 0.2) is 48.7 Å². The van der Waals surface area contributed by atoms with E-state index in [4.69, 9.17) is 16.3 Å². The summed E-state index contributed by atoms with van der Waals surface area (Å²) in [6.07, 6.45) is 3.99. The molecule has 0 bridgehead atoms. The lowest BCUT2D eigenvalue weighted by molar-refractivity contribution is 0.190. The normalized spacial score (nSPS) is 14.4. The first-order valence-electron chi connectivity index (χ1n) is 9.92. The number of ether oxygens (including phenoxy) is 1. The fraction of sp³-hybridized carbons (Fsp3) is 0.304. The number of anilines is 1. The van der Waals surface area contributed by atoms with Crippen molar-refractivity contribution in [2.24, 2.45) is 5.92 Å². The molecule has 3 aromatic rings. The van der Waals surface area contributed by atoms with Gasteiger partial charge in [0.25, 0.3) is 0 Å². The minimum absolute atomic E-state index is 0.0278. The topological polar surface area (TPSA) is 54.5 Å². The van der Waals surface area contributed by atoms with Gasteiger partial charge in [-0.15, -0.1) is 0 Å². The molecule has 1 aliphatic rings. The van der Waals surface area contributed by atoms with Crippen molar-refractivity contribution in [2.45, 2.75) is 25.8 Å². The lowest BCUT2D eigenvalue weighted by atomic mass is 10.0. The van der Waals surface area contributed by atoms with Crippen LogP contribution in [0.4, 0.5) is 14.9 Å². The lowest BCUT2D eigenvalue weighted by Gasteiger charge is -2.30. The van der Waals surface area contributed by atoms with Crippen molar-refractivity contribution in [1.82, 2.24) is 9.88 Å². The van der Waals surface area contributed by atoms with E-state index < -0.39 is 5.82 Å². The number of urea groups is 1. The first-order valence-corrected chi connectivity index (χ1v) is 10.3. The van der Waals surface area contributed by atoms with E-state index in [1.54, 1.807) is 13.3 Å². The van der Waals surface area contributed by atoms with Crippen LogP contribution in [0.25, 0.3) is 10.8 Å². The van der Waals surface area contributed by atoms with Gasteiger partial charge in [-0.05, 0) is 55.3 Å². The van der Waals surface area contributed by atoms with Gasteiger partial charge in [-0.25, -0.2) is 14.2 Å². The van der Waals surface area contributed by atoms with Crippen LogP contribution in [0.5, 0.6) is 5.88 Å². The number of aromatic nitrogens is 1. The molecule has 156 valence electrons. The van der Waals surface area contributed by atoms with Crippen molar-refractivity contribution in [3.8, 4) is 5.88 Å². The molecule has 0 aliphatic heterocycles. The van der Waals surface area contributed by atoms with Crippen LogP contribution in [0.2, 0.25) is 5.02 Å². The highest BCUT2D eigenvalue weighted by Crippen LogP contribution is 2.36. The molecule has 1 N–H and O–H groups in total. The number of carbonyl (C=O) groups is 1. The third-order valence-corrected chi connectivity index (χ3v) is 5.77. The van der Waals surface area contributed by atoms with Gasteiger partial charge in [0.1, 0.15) is 5.82 Å². The Morgan fingerprint density at radius 3 is 2.70 bits per heavy atom. The Bertz CT molecular complexity index is 1090. The number of methoxy groups -OCH3 is 1. The fourth-order valence-corrected chi connectivity index (χ4v) is 3.80. The van der Waals surface area contributed by atoms with Crippen LogP contribution < -0.4 is 10.1 Å². The molecule has 0 spiro atoms. The monoisotopic (exact) mass is 427 g/mol. The molecule has 1 aromatic heterocycles. The zero-order chi connectivity index (χ0) is 21.3. The van der Waals surface area contributed by atoms with Crippen LogP contribution in [-0.2, 0) is 0 Å². The molecule has 0 unspecified atom stereocenters. The molecule has 7 heteroatoms. The van der Waals surface area contributed by atoms with Gasteiger partial charge in [0, 0.05) is 29.4 Å². The van der Waals surface area contributed by atoms with Crippen LogP contribution >= 0.6 is 11.6 Å². The van der Waals surface area contributed by atoms with Crippen molar-refractivity contribution in [3.63, 3.8) is 0 Å². The molecule has 5 nitrogen and oxygen atoms in total. The van der Waals surface area contributed by atoms with Gasteiger partial charge in [-0.2, -0.15) is 0 Å². The number of nitrogens with zero attached hydrogens (tertiary/aromatic N) is 2. The Hall–Kier alpha value is -2.86. The predicted molar refractivity (Wildman–Crippen MR) is 117 cm³/mol. The Morgan fingerprint density at radius 2 is 2.03 bits per heavy atom. The standard InChI is InChI=1S/C23H23ClFN3O2/c1-14(19-12-26-22(30-2)18-6-4-3-5-17(18)19)28(13-15-7-8-15)23(29)27-16-9-10-21(25)20(24)11-16/h3-6,9-12,14-15H,7-8,13H2,1-2H3,(H,27,29)/t14-/m1/s1. The third kappa shape index (κ3) is 4.19. The van der Waals surface area contributed by atoms with Gasteiger partial charge in [0.2, 0.25) is 5.88 Å². The van der Waals surface area contributed by atoms with E-state index in [0.29, 0.717) is 24.0 Å². The molecule has 1 saturated carbocycles. The summed E-state index contributed by atoms with van der Waals surface area (Å²) in [6.45, 7) is 2.64. The maximum Gasteiger partial charge on any atom is 0.322 e. The van der Waals surface area contributed by atoms with Crippen molar-refractivity contribution in [1.29, 1.82) is 0 Å². The number of halogens is 2. The van der Waals surface area contributed by atoms with Gasteiger partial charge in [0.05, 0.1) is 18.2 Å². The minimum atomic E-state index is -0.520. The Kier molecular flexibility index (Phi) is 5.77. The van der Waals surface area contributed by atoms with Gasteiger partial charge in [0.15, 0.2) is 0 Å². The van der Waals surface area contributed by atoms with Crippen LogP contribution in [0.3, 0.4) is 0 Å². The average Bonchev–Trinajstić information content (AvgIpc) is 3.57. The van der Waals surface area contributed by atoms with E-state index in [-0.39, 0.29) is 17.1 Å². The number of hydrogen-bond donors (Lipinski definition) is 1. The van der Waals surface area contributed by atoms with E-state index in [2.05, 4.69) is 10.3 Å². The Balaban J connectivity index is 1.66. The highest BCUT2D eigenvalue weighted by Gasteiger charge is 2.31. The van der Waals surface area contributed by atoms with Crippen LogP contribution in [0.1, 0.15) is 31.4 Å². The lowest BCUT2D eigenvalue weighted by Crippen LogP contribution is -2.38. The highest BCUT2D eigenvalue weighted by molar-refractivity contribution is 6.31. The number of benzene rings is 2. The van der Waals surface area contributed by atoms with Crippen LogP contribution in [-0.4, -0.2) is 29.6 Å². The molecule has 1 aliphatic carbocycles. The maximum atomic E-state index is 13.5. The summed E-state index contributed by atoms with van der Waals surface area (Å²) in [7, 11) is 1.60. The number of hydrogen-bond acceptors (Lipinski definition) is 3. The Morgan fingerprint density at radius 1 is 1.30 bits per heavy atom. The Labute approximate surface area is 179 Å². The summed E-state index contributed by atoms with van der Waals surface area (Å²) >= 11 is 5.86. The quantitative estimate of drug-likeness (QED) is 0.521. The molecule has 4 rings (SSSR count). The third-order valence-electron chi connectivity index (χ3n) is 5.48. The number of pyridine rings is 1. The summed E-state index contributed by atoms with van der Waals surface area (Å²) in [4.78, 5) is 19.4. The summed E-state index contributed by atoms with van der Waals surface area (Å²) < 4.78 is 18.9. The zero-order valence-electron chi connectivity index (χ0n) is 16.9. The number of fused-ring (bicyclic) bond motifs is 1. The molecule has 1 heterocycles. The van der Waals surface area contributed by atoms with Crippen LogP contribution in [0, 0.1) is 11.7 Å². The van der Waals surface area contributed by atoms with Gasteiger partial charge in [-0.3, -0.25) is 0 Å². The minimum Gasteiger partial charge on any atom is -0.481 e. The first-order chi connectivity index (χ1) is 14.5. The highest BCUT2D eigenvalue weighted by atomic mass is 35.5. The molecule has 30 heavy (non-hydrogen) atoms. The number of carbonyl (C=O) groups excluding carboxylic acids is 1. The van der Waals surface area contributed by atoms with Crippen molar-refractivity contribution >= 4 is 34.1 Å². The number of rotatable bonds is 6. The van der Waals surface area contributed by atoms with Crippen molar-refractivity contribution in [2.75, 3.05) is 19.0 Å². The van der Waals surface area contributed by atoms with E-state index in [1.165, 1.54) is 18.2 Å². The SMILES string of the molecule is COc1ncc([C@@H](C)N(CC2CC2)C(=O)Nc2ccc(F)c(Cl)c2)c2ccccc12. The molecule has 1 fully saturated rings. The molecule has 1 atom stereocenters. The maximum absolute atomic E-state index is 13.5. The second-order valence-electron chi connectivity index (χ2n) is 7.60. The van der Waals surface area contributed by atoms with E-state index in [9.17, 15) is 9.18 Å². The average molecular weight is 428 g/mol. The van der Waals surface area contributed by atoms with Gasteiger partial charge < -0.3 is 15.0 Å². The number of nitrogens with one attached hydrogen (secondary N) is 1. The number of amides is 2. The molecule has 2 amide bonds. The summed E-state index contributed by atoms with van der Waals surface area (Å²) in [6, 6.07) is 11.6. The molecular formula is C23H23ClFN3O2. The summed E-state index contributed by atoms with van der Waals surface area (Å²) in [5.74, 6) is 0.529. The second-order valence-corrected chi connectivity index (χ2v) is 8.01. The predicted octanol–water partition coefficient (Wildman–Crippen LogP) is 6.04. The van der Waals surface area contributed by atoms with E-state index in [1.807, 2.05) is 36.1 Å². The van der Waals surface area contributed by atoms with E-state index >= 15 is 0 Å². The van der Waals surface area contributed by atoms with Crippen molar-refractivity contribution in [3.05, 3.63) is 65.1 Å². The molecule has 0 radical (unpaired) electrons. The molecule has 2 aromatic carbocycles. The van der Waals surface area contributed by atoms with Gasteiger partial charge >= 0.3 is 6.03 Å². The smallest absolute Gasteiger partial charge is 0.322 e. The fourth-order valence-electron chi connectivity index (χ4n) is 3.62. The first kappa shape index (κ1) is 20.4. The van der Waals surface area contributed by atoms with Crippen molar-refractivity contribution < 1.29 is 13.9 Å².